The van der Waals surface area contributed by atoms with E-state index >= 15 is 9.59 Å². The molecule has 4 aromatic rings. The Balaban J connectivity index is 1.44. The maximum absolute atomic E-state index is 15.1. The normalized spacial score (nSPS) is 20.7. The molecule has 30 heteroatoms. The lowest BCUT2D eigenvalue weighted by atomic mass is 9.96. The van der Waals surface area contributed by atoms with E-state index in [0.29, 0.717) is 46.7 Å². The molecular weight excluding hydrogens is 1270 g/mol. The molecular formula is C62H76ClN11O15S3. The van der Waals surface area contributed by atoms with Gasteiger partial charge in [0.05, 0.1) is 16.8 Å². The van der Waals surface area contributed by atoms with Crippen molar-refractivity contribution in [3.8, 4) is 5.75 Å². The number of nitrogens with two attached hydrogens (primary N) is 2. The lowest BCUT2D eigenvalue weighted by Gasteiger charge is -2.29. The fourth-order valence-corrected chi connectivity index (χ4v) is 13.3. The van der Waals surface area contributed by atoms with Gasteiger partial charge in [0.15, 0.2) is 9.84 Å². The first-order valence-electron chi connectivity index (χ1n) is 29.3. The van der Waals surface area contributed by atoms with Crippen molar-refractivity contribution < 1.29 is 71.7 Å². The Labute approximate surface area is 544 Å². The fourth-order valence-electron chi connectivity index (χ4n) is 9.64. The topological polar surface area (TPSA) is 426 Å². The molecule has 494 valence electrons. The first-order chi connectivity index (χ1) is 43.8. The Kier molecular flexibility index (Phi) is 27.9. The van der Waals surface area contributed by atoms with Crippen LogP contribution in [0.3, 0.4) is 0 Å². The summed E-state index contributed by atoms with van der Waals surface area (Å²) in [5, 5.41) is 55.6. The Bertz CT molecular complexity index is 3460. The number of amides is 10. The number of halogens is 1. The van der Waals surface area contributed by atoms with Gasteiger partial charge in [-0.2, -0.15) is 0 Å². The summed E-state index contributed by atoms with van der Waals surface area (Å²) in [6.45, 7) is 1.69. The van der Waals surface area contributed by atoms with E-state index in [4.69, 9.17) is 23.1 Å². The van der Waals surface area contributed by atoms with Gasteiger partial charge in [-0.05, 0) is 124 Å². The summed E-state index contributed by atoms with van der Waals surface area (Å²) in [4.78, 5) is 142. The minimum atomic E-state index is -4.26. The quantitative estimate of drug-likeness (QED) is 0.0340. The van der Waals surface area contributed by atoms with E-state index in [-0.39, 0.29) is 66.9 Å². The first kappa shape index (κ1) is 72.6. The molecule has 0 aromatic heterocycles. The molecule has 2 aliphatic rings. The number of benzene rings is 4. The van der Waals surface area contributed by atoms with Crippen LogP contribution >= 0.6 is 33.2 Å². The fraction of sp³-hybridized carbons (Fsp3) is 0.387. The zero-order valence-electron chi connectivity index (χ0n) is 50.4. The highest BCUT2D eigenvalue weighted by atomic mass is 35.5. The number of carbonyl (C=O) groups excluding carboxylic acids is 10. The summed E-state index contributed by atoms with van der Waals surface area (Å²) >= 11 is 6.19. The lowest BCUT2D eigenvalue weighted by Crippen LogP contribution is -2.62. The van der Waals surface area contributed by atoms with Crippen LogP contribution in [0.2, 0.25) is 5.02 Å². The molecule has 0 spiro atoms. The van der Waals surface area contributed by atoms with Gasteiger partial charge in [-0.3, -0.25) is 47.9 Å². The number of phenols is 1. The van der Waals surface area contributed by atoms with Gasteiger partial charge in [0.1, 0.15) is 59.8 Å². The van der Waals surface area contributed by atoms with Gasteiger partial charge >= 0.3 is 0 Å². The van der Waals surface area contributed by atoms with Crippen LogP contribution in [0, 0.1) is 0 Å². The molecule has 0 bridgehead atoms. The largest absolute Gasteiger partial charge is 0.512 e. The molecule has 92 heavy (non-hydrogen) atoms. The van der Waals surface area contributed by atoms with Gasteiger partial charge in [0, 0.05) is 47.8 Å². The Morgan fingerprint density at radius 1 is 0.663 bits per heavy atom. The van der Waals surface area contributed by atoms with Crippen molar-refractivity contribution in [3.05, 3.63) is 154 Å². The van der Waals surface area contributed by atoms with E-state index < -0.39 is 141 Å². The predicted octanol–water partition coefficient (Wildman–Crippen LogP) is 0.728. The Morgan fingerprint density at radius 3 is 1.86 bits per heavy atom. The number of allylic oxidation sites excluding steroid dienone is 3. The van der Waals surface area contributed by atoms with E-state index in [1.165, 1.54) is 97.9 Å². The summed E-state index contributed by atoms with van der Waals surface area (Å²) in [6, 6.07) is 12.1. The molecule has 1 unspecified atom stereocenters. The third-order valence-corrected chi connectivity index (χ3v) is 19.1. The van der Waals surface area contributed by atoms with Crippen molar-refractivity contribution in [2.24, 2.45) is 11.5 Å². The van der Waals surface area contributed by atoms with Gasteiger partial charge in [0.25, 0.3) is 0 Å². The molecule has 1 aliphatic carbocycles. The number of carbonyl (C=O) groups is 10. The smallest absolute Gasteiger partial charge is 0.248 e. The predicted molar refractivity (Wildman–Crippen MR) is 346 cm³/mol. The average molecular weight is 1350 g/mol. The van der Waals surface area contributed by atoms with E-state index in [2.05, 4.69) is 47.9 Å². The van der Waals surface area contributed by atoms with Crippen LogP contribution in [0.1, 0.15) is 72.5 Å². The number of hydrogen-bond acceptors (Lipinski definition) is 18. The Hall–Kier alpha value is -8.48. The van der Waals surface area contributed by atoms with Gasteiger partial charge in [-0.25, -0.2) is 8.42 Å². The Morgan fingerprint density at radius 2 is 1.25 bits per heavy atom. The summed E-state index contributed by atoms with van der Waals surface area (Å²) in [5.41, 5.74) is 13.3. The van der Waals surface area contributed by atoms with Crippen molar-refractivity contribution in [1.29, 1.82) is 0 Å². The second-order valence-electron chi connectivity index (χ2n) is 22.0. The highest BCUT2D eigenvalue weighted by Crippen LogP contribution is 2.26. The summed E-state index contributed by atoms with van der Waals surface area (Å²) in [5.74, 6) is -11.7. The number of aliphatic hydroxyl groups excluding tert-OH is 2. The van der Waals surface area contributed by atoms with Gasteiger partial charge in [-0.15, -0.1) is 0 Å². The number of phenolic OH excluding ortho intramolecular Hbond substituents is 1. The number of sulfone groups is 1. The van der Waals surface area contributed by atoms with Crippen molar-refractivity contribution in [2.45, 2.75) is 124 Å². The molecule has 1 fully saturated rings. The second kappa shape index (κ2) is 35.4. The van der Waals surface area contributed by atoms with Gasteiger partial charge in [-0.1, -0.05) is 99.4 Å². The molecule has 0 radical (unpaired) electrons. The lowest BCUT2D eigenvalue weighted by molar-refractivity contribution is -0.136. The maximum Gasteiger partial charge on any atom is 0.248 e. The number of hydrogen-bond donors (Lipinski definition) is 14. The average Bonchev–Trinajstić information content (AvgIpc) is 3.73. The SMILES string of the molecule is CNCCCCC1NC(=O)[C@@H](Cc2ccc(C(N)=O)cc2)NC(=O)[C@H](CC2=CC=C(O)CC2)NC(=O)[C@H](NC(=O)[C@H](Cc2ccc(Cl)cc2)NC(=O)CS(=O)(=O)c2ccccc2)CSSC[C@@H](C(=O)N[C@H](Cc2ccc(O)cc2)C(N)=O)NC(=O)[C@H]([C@@H](C)O)NC1=O. The minimum absolute atomic E-state index is 0.0399. The van der Waals surface area contributed by atoms with E-state index in [1.807, 2.05) is 0 Å². The molecule has 4 aromatic carbocycles. The number of unbranched alkanes of at least 4 members (excludes halogenated alkanes) is 1. The molecule has 16 N–H and O–H groups in total. The van der Waals surface area contributed by atoms with Crippen molar-refractivity contribution in [2.75, 3.05) is 30.9 Å². The van der Waals surface area contributed by atoms with Crippen LogP contribution in [0.15, 0.2) is 132 Å². The zero-order chi connectivity index (χ0) is 67.1. The summed E-state index contributed by atoms with van der Waals surface area (Å²) in [6.07, 6.45) is 1.48. The monoisotopic (exact) mass is 1350 g/mol. The number of aliphatic hydroxyl groups is 2. The minimum Gasteiger partial charge on any atom is -0.512 e. The van der Waals surface area contributed by atoms with Crippen LogP contribution in [0.25, 0.3) is 0 Å². The van der Waals surface area contributed by atoms with Crippen molar-refractivity contribution >= 4 is 102 Å². The third-order valence-electron chi connectivity index (χ3n) is 14.8. The number of rotatable bonds is 24. The molecule has 9 atom stereocenters. The highest BCUT2D eigenvalue weighted by molar-refractivity contribution is 8.76. The van der Waals surface area contributed by atoms with Crippen molar-refractivity contribution in [3.63, 3.8) is 0 Å². The van der Waals surface area contributed by atoms with Crippen molar-refractivity contribution in [1.82, 2.24) is 47.9 Å². The van der Waals surface area contributed by atoms with Crippen LogP contribution in [-0.2, 0) is 72.3 Å². The number of aromatic hydroxyl groups is 1. The van der Waals surface area contributed by atoms with Crippen LogP contribution in [0.4, 0.5) is 0 Å². The first-order valence-corrected chi connectivity index (χ1v) is 33.9. The molecule has 0 saturated carbocycles. The van der Waals surface area contributed by atoms with Gasteiger partial charge in [0.2, 0.25) is 59.1 Å². The van der Waals surface area contributed by atoms with E-state index in [1.54, 1.807) is 31.3 Å². The summed E-state index contributed by atoms with van der Waals surface area (Å²) in [7, 11) is -0.807. The molecule has 26 nitrogen and oxygen atoms in total. The highest BCUT2D eigenvalue weighted by Gasteiger charge is 2.37. The van der Waals surface area contributed by atoms with Crippen LogP contribution in [0.5, 0.6) is 5.75 Å². The van der Waals surface area contributed by atoms with Crippen LogP contribution < -0.4 is 59.3 Å². The molecule has 10 amide bonds. The maximum atomic E-state index is 15.1. The number of nitrogens with one attached hydrogen (secondary N) is 9. The summed E-state index contributed by atoms with van der Waals surface area (Å²) < 4.78 is 26.8. The molecule has 1 heterocycles. The van der Waals surface area contributed by atoms with E-state index in [9.17, 15) is 62.1 Å². The molecule has 1 aliphatic heterocycles. The molecule has 1 saturated heterocycles. The third kappa shape index (κ3) is 23.0. The van der Waals surface area contributed by atoms with Gasteiger partial charge < -0.3 is 74.6 Å². The molecule has 6 rings (SSSR count). The van der Waals surface area contributed by atoms with E-state index in [0.717, 1.165) is 21.6 Å². The second-order valence-corrected chi connectivity index (χ2v) is 27.0. The standard InChI is InChI=1S/C62H76ClN11O15S3/c1-35(75)53-62(87)73-51(60(85)69-46(55(65)80)28-38-15-23-42(76)24-16-38)33-91-90-32-50(72-57(82)47(29-37-13-21-41(63)22-14-37)67-52(78)34-92(88,89)44-8-4-3-5-9-44)61(86)71-49(31-39-17-25-43(77)26-18-39)59(84)70-48(30-36-11-19-40(20-12-36)54(64)79)58(83)68-45(56(81)74-53)10-6-7-27-66-2/h3-5,8-9,11-17,19-25,35,45-51,53,66,75-77H,6-7,10,18,26-34H2,1-2H3,(H2,64,79)(H2,65,80)(H,67,78)(H,68,83)(H,69,85)(H,70,84)(H,71,86)(H,72,82)(H,73,87)(H,74,81)/t35-,45?,46-,47+,48-,49+,50-,51+,53+/m1/s1. The van der Waals surface area contributed by atoms with Crippen LogP contribution in [-0.4, -0.2) is 168 Å². The zero-order valence-corrected chi connectivity index (χ0v) is 53.6. The number of primary amides is 2.